The van der Waals surface area contributed by atoms with Gasteiger partial charge in [-0.25, -0.2) is 0 Å². The lowest BCUT2D eigenvalue weighted by Crippen LogP contribution is -2.30. The molecule has 2 unspecified atom stereocenters. The third-order valence-electron chi connectivity index (χ3n) is 2.84. The maximum Gasteiger partial charge on any atom is 0.0948 e. The van der Waals surface area contributed by atoms with Gasteiger partial charge in [-0.3, -0.25) is 0 Å². The molecule has 0 aromatic rings. The first-order valence-electron chi connectivity index (χ1n) is 7.70. The Balaban J connectivity index is 3.46. The van der Waals surface area contributed by atoms with Gasteiger partial charge in [-0.05, 0) is 6.42 Å². The van der Waals surface area contributed by atoms with Gasteiger partial charge in [0, 0.05) is 14.2 Å². The lowest BCUT2D eigenvalue weighted by Gasteiger charge is -2.22. The summed E-state index contributed by atoms with van der Waals surface area (Å²) in [7, 11) is 3.28. The molecular weight excluding hydrogens is 312 g/mol. The zero-order valence-corrected chi connectivity index (χ0v) is 14.8. The number of methoxy groups -OCH3 is 2. The van der Waals surface area contributed by atoms with Gasteiger partial charge in [-0.15, -0.1) is 11.6 Å². The maximum atomic E-state index is 5.83. The van der Waals surface area contributed by atoms with Crippen molar-refractivity contribution in [1.82, 2.24) is 0 Å². The number of hydrogen-bond donors (Lipinski definition) is 0. The molecule has 0 aromatic heterocycles. The Hall–Kier alpha value is 0.0500. The minimum Gasteiger partial charge on any atom is -0.382 e. The minimum absolute atomic E-state index is 0.0243. The van der Waals surface area contributed by atoms with Crippen LogP contribution < -0.4 is 0 Å². The van der Waals surface area contributed by atoms with Crippen LogP contribution in [0.1, 0.15) is 13.3 Å². The molecule has 0 radical (unpaired) electrons. The van der Waals surface area contributed by atoms with Crippen LogP contribution in [0.25, 0.3) is 0 Å². The second-order valence-electron chi connectivity index (χ2n) is 4.69. The molecule has 22 heavy (non-hydrogen) atoms. The predicted octanol–water partition coefficient (Wildman–Crippen LogP) is 1.73. The van der Waals surface area contributed by atoms with Gasteiger partial charge in [0.05, 0.1) is 70.9 Å². The lowest BCUT2D eigenvalue weighted by atomic mass is 10.3. The van der Waals surface area contributed by atoms with E-state index in [1.807, 2.05) is 0 Å². The van der Waals surface area contributed by atoms with Gasteiger partial charge < -0.3 is 28.4 Å². The predicted molar refractivity (Wildman–Crippen MR) is 85.9 cm³/mol. The van der Waals surface area contributed by atoms with Crippen LogP contribution in [0.3, 0.4) is 0 Å². The second kappa shape index (κ2) is 17.4. The summed E-state index contributed by atoms with van der Waals surface area (Å²) in [5.74, 6) is 0.413. The highest BCUT2D eigenvalue weighted by atomic mass is 35.5. The van der Waals surface area contributed by atoms with Gasteiger partial charge in [0.1, 0.15) is 0 Å². The standard InChI is InChI=1S/C15H31ClO6/c1-4-14(22-15(11-16)12-18-3)13-21-10-9-20-8-7-19-6-5-17-2/h14-15H,4-13H2,1-3H3. The Morgan fingerprint density at radius 2 is 1.32 bits per heavy atom. The molecule has 0 amide bonds. The summed E-state index contributed by atoms with van der Waals surface area (Å²) in [5.41, 5.74) is 0. The highest BCUT2D eigenvalue weighted by Crippen LogP contribution is 2.06. The van der Waals surface area contributed by atoms with Crippen molar-refractivity contribution in [3.63, 3.8) is 0 Å². The van der Waals surface area contributed by atoms with Crippen LogP contribution in [-0.4, -0.2) is 85.2 Å². The van der Waals surface area contributed by atoms with E-state index in [0.717, 1.165) is 6.42 Å². The first kappa shape index (κ1) is 22.1. The van der Waals surface area contributed by atoms with Crippen LogP contribution in [-0.2, 0) is 28.4 Å². The molecule has 0 N–H and O–H groups in total. The summed E-state index contributed by atoms with van der Waals surface area (Å²) >= 11 is 5.83. The average molecular weight is 343 g/mol. The van der Waals surface area contributed by atoms with Gasteiger partial charge in [0.15, 0.2) is 0 Å². The first-order chi connectivity index (χ1) is 10.8. The van der Waals surface area contributed by atoms with E-state index in [1.165, 1.54) is 0 Å². The third kappa shape index (κ3) is 13.7. The van der Waals surface area contributed by atoms with E-state index in [9.17, 15) is 0 Å². The van der Waals surface area contributed by atoms with Crippen LogP contribution in [0.15, 0.2) is 0 Å². The molecule has 0 aliphatic rings. The molecule has 2 atom stereocenters. The van der Waals surface area contributed by atoms with Gasteiger partial charge in [-0.2, -0.15) is 0 Å². The summed E-state index contributed by atoms with van der Waals surface area (Å²) in [4.78, 5) is 0. The van der Waals surface area contributed by atoms with E-state index in [4.69, 9.17) is 40.0 Å². The van der Waals surface area contributed by atoms with Gasteiger partial charge in [0.2, 0.25) is 0 Å². The largest absolute Gasteiger partial charge is 0.382 e. The molecule has 0 rings (SSSR count). The number of alkyl halides is 1. The molecule has 6 nitrogen and oxygen atoms in total. The van der Waals surface area contributed by atoms with Crippen molar-refractivity contribution in [1.29, 1.82) is 0 Å². The SMILES string of the molecule is CCC(COCCOCCOCCOC)OC(CCl)COC. The fraction of sp³-hybridized carbons (Fsp3) is 1.00. The summed E-state index contributed by atoms with van der Waals surface area (Å²) in [6.45, 7) is 6.48. The number of halogens is 1. The highest BCUT2D eigenvalue weighted by molar-refractivity contribution is 6.18. The van der Waals surface area contributed by atoms with Gasteiger partial charge in [-0.1, -0.05) is 6.92 Å². The van der Waals surface area contributed by atoms with Crippen LogP contribution >= 0.6 is 11.6 Å². The van der Waals surface area contributed by atoms with Crippen molar-refractivity contribution >= 4 is 11.6 Å². The summed E-state index contributed by atoms with van der Waals surface area (Å²) in [6.07, 6.45) is 0.794. The van der Waals surface area contributed by atoms with Crippen LogP contribution in [0.4, 0.5) is 0 Å². The molecule has 0 bridgehead atoms. The number of hydrogen-bond acceptors (Lipinski definition) is 6. The molecule has 0 aromatic carbocycles. The zero-order valence-electron chi connectivity index (χ0n) is 14.1. The molecular formula is C15H31ClO6. The molecule has 0 saturated carbocycles. The highest BCUT2D eigenvalue weighted by Gasteiger charge is 2.14. The van der Waals surface area contributed by atoms with E-state index < -0.39 is 0 Å². The topological polar surface area (TPSA) is 55.4 Å². The van der Waals surface area contributed by atoms with Gasteiger partial charge in [0.25, 0.3) is 0 Å². The molecule has 0 heterocycles. The fourth-order valence-electron chi connectivity index (χ4n) is 1.63. The van der Waals surface area contributed by atoms with E-state index >= 15 is 0 Å². The van der Waals surface area contributed by atoms with Crippen LogP contribution in [0, 0.1) is 0 Å². The molecule has 7 heteroatoms. The van der Waals surface area contributed by atoms with Crippen LogP contribution in [0.2, 0.25) is 0 Å². The third-order valence-corrected chi connectivity index (χ3v) is 3.19. The van der Waals surface area contributed by atoms with Crippen molar-refractivity contribution in [3.8, 4) is 0 Å². The minimum atomic E-state index is -0.0966. The summed E-state index contributed by atoms with van der Waals surface area (Å²) < 4.78 is 32.0. The summed E-state index contributed by atoms with van der Waals surface area (Å²) in [5, 5.41) is 0. The fourth-order valence-corrected chi connectivity index (χ4v) is 1.79. The normalized spacial score (nSPS) is 14.2. The Kier molecular flexibility index (Phi) is 17.4. The van der Waals surface area contributed by atoms with E-state index in [2.05, 4.69) is 6.92 Å². The molecule has 0 saturated heterocycles. The Labute approximate surface area is 139 Å². The zero-order chi connectivity index (χ0) is 16.5. The molecule has 0 aliphatic heterocycles. The van der Waals surface area contributed by atoms with Crippen LogP contribution in [0.5, 0.6) is 0 Å². The van der Waals surface area contributed by atoms with E-state index in [0.29, 0.717) is 58.7 Å². The Morgan fingerprint density at radius 3 is 1.82 bits per heavy atom. The van der Waals surface area contributed by atoms with E-state index in [1.54, 1.807) is 14.2 Å². The van der Waals surface area contributed by atoms with E-state index in [-0.39, 0.29) is 12.2 Å². The smallest absolute Gasteiger partial charge is 0.0948 e. The molecule has 0 aliphatic carbocycles. The Morgan fingerprint density at radius 1 is 0.727 bits per heavy atom. The second-order valence-corrected chi connectivity index (χ2v) is 5.00. The van der Waals surface area contributed by atoms with Crippen molar-refractivity contribution < 1.29 is 28.4 Å². The Bertz CT molecular complexity index is 220. The van der Waals surface area contributed by atoms with Crippen molar-refractivity contribution in [2.75, 3.05) is 73.0 Å². The number of rotatable bonds is 17. The van der Waals surface area contributed by atoms with Crippen molar-refractivity contribution in [2.45, 2.75) is 25.6 Å². The lowest BCUT2D eigenvalue weighted by molar-refractivity contribution is -0.0786. The monoisotopic (exact) mass is 342 g/mol. The molecule has 0 spiro atoms. The van der Waals surface area contributed by atoms with Gasteiger partial charge >= 0.3 is 0 Å². The molecule has 0 fully saturated rings. The summed E-state index contributed by atoms with van der Waals surface area (Å²) in [6, 6.07) is 0. The average Bonchev–Trinajstić information content (AvgIpc) is 2.54. The quantitative estimate of drug-likeness (QED) is 0.296. The van der Waals surface area contributed by atoms with Crippen molar-refractivity contribution in [3.05, 3.63) is 0 Å². The first-order valence-corrected chi connectivity index (χ1v) is 8.24. The van der Waals surface area contributed by atoms with Crippen molar-refractivity contribution in [2.24, 2.45) is 0 Å². The maximum absolute atomic E-state index is 5.83. The molecule has 134 valence electrons. The number of ether oxygens (including phenoxy) is 6.